The van der Waals surface area contributed by atoms with E-state index >= 15 is 0 Å². The summed E-state index contributed by atoms with van der Waals surface area (Å²) in [5.74, 6) is 0.293. The number of hydrogen-bond acceptors (Lipinski definition) is 3. The van der Waals surface area contributed by atoms with Gasteiger partial charge in [0.2, 0.25) is 0 Å². The number of para-hydroxylation sites is 1. The predicted octanol–water partition coefficient (Wildman–Crippen LogP) is 4.27. The first-order valence-electron chi connectivity index (χ1n) is 8.52. The standard InChI is InChI=1S/C21H19N3O/c1-14(15-7-3-2-4-8-15)23-24-21(25)18-13-20(16-11-12-16)22-19-10-6-5-9-17(18)19/h2-10,13,16H,11-12H2,1H3,(H,24,25)/b23-14+. The summed E-state index contributed by atoms with van der Waals surface area (Å²) in [6, 6.07) is 19.5. The normalized spacial score (nSPS) is 14.5. The van der Waals surface area contributed by atoms with Crippen LogP contribution in [0.15, 0.2) is 65.8 Å². The van der Waals surface area contributed by atoms with Crippen molar-refractivity contribution in [2.24, 2.45) is 5.10 Å². The SMILES string of the molecule is C/C(=N\NC(=O)c1cc(C2CC2)nc2ccccc12)c1ccccc1. The Hall–Kier alpha value is -3.01. The molecule has 3 aromatic rings. The van der Waals surface area contributed by atoms with Crippen LogP contribution in [-0.4, -0.2) is 16.6 Å². The number of carbonyl (C=O) groups is 1. The Morgan fingerprint density at radius 2 is 1.80 bits per heavy atom. The summed E-state index contributed by atoms with van der Waals surface area (Å²) in [6.45, 7) is 1.88. The zero-order valence-electron chi connectivity index (χ0n) is 14.1. The van der Waals surface area contributed by atoms with E-state index in [9.17, 15) is 4.79 Å². The summed E-state index contributed by atoms with van der Waals surface area (Å²) in [5, 5.41) is 5.12. The van der Waals surface area contributed by atoms with Crippen molar-refractivity contribution in [2.45, 2.75) is 25.7 Å². The van der Waals surface area contributed by atoms with E-state index in [-0.39, 0.29) is 5.91 Å². The van der Waals surface area contributed by atoms with Gasteiger partial charge in [0.15, 0.2) is 0 Å². The predicted molar refractivity (Wildman–Crippen MR) is 99.8 cm³/mol. The molecule has 1 aromatic heterocycles. The van der Waals surface area contributed by atoms with E-state index in [0.29, 0.717) is 11.5 Å². The molecular formula is C21H19N3O. The average molecular weight is 329 g/mol. The molecule has 2 aromatic carbocycles. The minimum atomic E-state index is -0.198. The molecule has 0 spiro atoms. The van der Waals surface area contributed by atoms with E-state index in [1.54, 1.807) is 0 Å². The molecule has 1 aliphatic rings. The van der Waals surface area contributed by atoms with Gasteiger partial charge in [-0.3, -0.25) is 9.78 Å². The summed E-state index contributed by atoms with van der Waals surface area (Å²) in [6.07, 6.45) is 2.30. The maximum Gasteiger partial charge on any atom is 0.272 e. The van der Waals surface area contributed by atoms with E-state index < -0.39 is 0 Å². The molecule has 0 saturated heterocycles. The zero-order valence-corrected chi connectivity index (χ0v) is 14.1. The summed E-state index contributed by atoms with van der Waals surface area (Å²) >= 11 is 0. The molecule has 4 rings (SSSR count). The minimum Gasteiger partial charge on any atom is -0.267 e. The quantitative estimate of drug-likeness (QED) is 0.574. The molecule has 1 amide bonds. The number of amides is 1. The van der Waals surface area contributed by atoms with Gasteiger partial charge in [-0.2, -0.15) is 5.10 Å². The second-order valence-electron chi connectivity index (χ2n) is 6.39. The number of nitrogens with zero attached hydrogens (tertiary/aromatic N) is 2. The van der Waals surface area contributed by atoms with Gasteiger partial charge in [0, 0.05) is 17.0 Å². The monoisotopic (exact) mass is 329 g/mol. The van der Waals surface area contributed by atoms with Gasteiger partial charge in [-0.1, -0.05) is 48.5 Å². The molecule has 25 heavy (non-hydrogen) atoms. The van der Waals surface area contributed by atoms with Crippen LogP contribution >= 0.6 is 0 Å². The van der Waals surface area contributed by atoms with Crippen LogP contribution in [0.25, 0.3) is 10.9 Å². The van der Waals surface area contributed by atoms with Crippen molar-refractivity contribution in [3.63, 3.8) is 0 Å². The highest BCUT2D eigenvalue weighted by Gasteiger charge is 2.26. The van der Waals surface area contributed by atoms with Gasteiger partial charge < -0.3 is 0 Å². The highest BCUT2D eigenvalue weighted by molar-refractivity contribution is 6.07. The highest BCUT2D eigenvalue weighted by Crippen LogP contribution is 2.40. The van der Waals surface area contributed by atoms with Crippen LogP contribution < -0.4 is 5.43 Å². The van der Waals surface area contributed by atoms with Crippen LogP contribution in [0.5, 0.6) is 0 Å². The van der Waals surface area contributed by atoms with Crippen molar-refractivity contribution < 1.29 is 4.79 Å². The van der Waals surface area contributed by atoms with Crippen molar-refractivity contribution in [3.05, 3.63) is 77.5 Å². The Bertz CT molecular complexity index is 959. The van der Waals surface area contributed by atoms with Gasteiger partial charge in [0.1, 0.15) is 0 Å². The topological polar surface area (TPSA) is 54.4 Å². The molecule has 1 fully saturated rings. The van der Waals surface area contributed by atoms with Crippen LogP contribution in [0.1, 0.15) is 47.3 Å². The minimum absolute atomic E-state index is 0.198. The Balaban J connectivity index is 1.65. The van der Waals surface area contributed by atoms with Gasteiger partial charge in [0.25, 0.3) is 5.91 Å². The summed E-state index contributed by atoms with van der Waals surface area (Å²) in [5.41, 5.74) is 6.96. The molecule has 1 heterocycles. The fraction of sp³-hybridized carbons (Fsp3) is 0.190. The highest BCUT2D eigenvalue weighted by atomic mass is 16.2. The van der Waals surface area contributed by atoms with Crippen LogP contribution in [0.4, 0.5) is 0 Å². The summed E-state index contributed by atoms with van der Waals surface area (Å²) in [4.78, 5) is 17.5. The lowest BCUT2D eigenvalue weighted by Gasteiger charge is -2.09. The lowest BCUT2D eigenvalue weighted by Crippen LogP contribution is -2.20. The van der Waals surface area contributed by atoms with Gasteiger partial charge in [-0.25, -0.2) is 5.43 Å². The lowest BCUT2D eigenvalue weighted by molar-refractivity contribution is 0.0956. The number of hydrazone groups is 1. The third kappa shape index (κ3) is 3.29. The molecule has 0 atom stereocenters. The Morgan fingerprint density at radius 3 is 2.56 bits per heavy atom. The fourth-order valence-corrected chi connectivity index (χ4v) is 2.91. The number of benzene rings is 2. The smallest absolute Gasteiger partial charge is 0.267 e. The largest absolute Gasteiger partial charge is 0.272 e. The number of hydrogen-bond donors (Lipinski definition) is 1. The maximum absolute atomic E-state index is 12.7. The third-order valence-corrected chi connectivity index (χ3v) is 4.49. The van der Waals surface area contributed by atoms with E-state index in [2.05, 4.69) is 10.5 Å². The Labute approximate surface area is 146 Å². The number of pyridine rings is 1. The first-order chi connectivity index (χ1) is 12.2. The third-order valence-electron chi connectivity index (χ3n) is 4.49. The van der Waals surface area contributed by atoms with Crippen molar-refractivity contribution in [2.75, 3.05) is 0 Å². The molecular weight excluding hydrogens is 310 g/mol. The molecule has 0 aliphatic heterocycles. The van der Waals surface area contributed by atoms with E-state index in [1.807, 2.05) is 67.6 Å². The molecule has 1 aliphatic carbocycles. The van der Waals surface area contributed by atoms with Crippen LogP contribution in [0.3, 0.4) is 0 Å². The van der Waals surface area contributed by atoms with Gasteiger partial charge in [0.05, 0.1) is 16.8 Å². The van der Waals surface area contributed by atoms with Gasteiger partial charge >= 0.3 is 0 Å². The number of rotatable bonds is 4. The molecule has 0 bridgehead atoms. The molecule has 1 saturated carbocycles. The second-order valence-corrected chi connectivity index (χ2v) is 6.39. The van der Waals surface area contributed by atoms with Crippen molar-refractivity contribution in [1.29, 1.82) is 0 Å². The first kappa shape index (κ1) is 15.5. The zero-order chi connectivity index (χ0) is 17.2. The maximum atomic E-state index is 12.7. The van der Waals surface area contributed by atoms with E-state index in [4.69, 9.17) is 4.98 Å². The Kier molecular flexibility index (Phi) is 4.02. The molecule has 4 heteroatoms. The fourth-order valence-electron chi connectivity index (χ4n) is 2.91. The molecule has 4 nitrogen and oxygen atoms in total. The Morgan fingerprint density at radius 1 is 1.08 bits per heavy atom. The van der Waals surface area contributed by atoms with Crippen LogP contribution in [-0.2, 0) is 0 Å². The molecule has 0 radical (unpaired) electrons. The van der Waals surface area contributed by atoms with Crippen LogP contribution in [0.2, 0.25) is 0 Å². The molecule has 0 unspecified atom stereocenters. The van der Waals surface area contributed by atoms with Crippen molar-refractivity contribution >= 4 is 22.5 Å². The number of aromatic nitrogens is 1. The second kappa shape index (κ2) is 6.48. The van der Waals surface area contributed by atoms with E-state index in [1.165, 1.54) is 0 Å². The van der Waals surface area contributed by atoms with E-state index in [0.717, 1.165) is 40.7 Å². The molecule has 1 N–H and O–H groups in total. The van der Waals surface area contributed by atoms with Crippen molar-refractivity contribution in [3.8, 4) is 0 Å². The molecule has 124 valence electrons. The van der Waals surface area contributed by atoms with Crippen molar-refractivity contribution in [1.82, 2.24) is 10.4 Å². The van der Waals surface area contributed by atoms with Gasteiger partial charge in [-0.15, -0.1) is 0 Å². The first-order valence-corrected chi connectivity index (χ1v) is 8.52. The number of fused-ring (bicyclic) bond motifs is 1. The summed E-state index contributed by atoms with van der Waals surface area (Å²) in [7, 11) is 0. The van der Waals surface area contributed by atoms with Crippen LogP contribution in [0, 0.1) is 0 Å². The summed E-state index contributed by atoms with van der Waals surface area (Å²) < 4.78 is 0. The average Bonchev–Trinajstić information content (AvgIpc) is 3.51. The number of carbonyl (C=O) groups excluding carboxylic acids is 1. The number of nitrogens with one attached hydrogen (secondary N) is 1. The van der Waals surface area contributed by atoms with Gasteiger partial charge in [-0.05, 0) is 37.5 Å². The lowest BCUT2D eigenvalue weighted by atomic mass is 10.1.